The molecular formula is C11H10F2N2. The maximum atomic E-state index is 13.0. The highest BCUT2D eigenvalue weighted by Gasteiger charge is 2.12. The van der Waals surface area contributed by atoms with E-state index in [0.29, 0.717) is 11.4 Å². The highest BCUT2D eigenvalue weighted by Crippen LogP contribution is 2.22. The van der Waals surface area contributed by atoms with E-state index in [9.17, 15) is 8.78 Å². The molecule has 2 aromatic rings. The molecule has 1 heterocycles. The van der Waals surface area contributed by atoms with Gasteiger partial charge in [0.25, 0.3) is 0 Å². The van der Waals surface area contributed by atoms with Crippen LogP contribution in [0.1, 0.15) is 24.2 Å². The van der Waals surface area contributed by atoms with E-state index < -0.39 is 11.6 Å². The molecule has 1 aromatic heterocycles. The number of H-pyrrole nitrogens is 1. The van der Waals surface area contributed by atoms with Gasteiger partial charge in [-0.25, -0.2) is 13.8 Å². The van der Waals surface area contributed by atoms with E-state index in [0.717, 1.165) is 6.07 Å². The monoisotopic (exact) mass is 208 g/mol. The molecule has 1 N–H and O–H groups in total. The SMILES string of the molecule is CC(c1cc(F)cc(F)c1)c1ncc[nH]1. The third-order valence-corrected chi connectivity index (χ3v) is 2.31. The summed E-state index contributed by atoms with van der Waals surface area (Å²) in [5.74, 6) is -0.586. The Morgan fingerprint density at radius 2 is 1.87 bits per heavy atom. The van der Waals surface area contributed by atoms with Crippen molar-refractivity contribution in [1.82, 2.24) is 9.97 Å². The molecule has 0 bridgehead atoms. The molecule has 0 saturated carbocycles. The van der Waals surface area contributed by atoms with E-state index in [2.05, 4.69) is 9.97 Å². The Balaban J connectivity index is 2.37. The second kappa shape index (κ2) is 3.81. The van der Waals surface area contributed by atoms with Crippen molar-refractivity contribution in [2.24, 2.45) is 0 Å². The summed E-state index contributed by atoms with van der Waals surface area (Å²) < 4.78 is 25.9. The molecule has 0 fully saturated rings. The van der Waals surface area contributed by atoms with Crippen LogP contribution in [0.4, 0.5) is 8.78 Å². The van der Waals surface area contributed by atoms with Gasteiger partial charge in [0.15, 0.2) is 0 Å². The second-order valence-corrected chi connectivity index (χ2v) is 3.40. The van der Waals surface area contributed by atoms with E-state index in [1.165, 1.54) is 12.1 Å². The number of aromatic nitrogens is 2. The highest BCUT2D eigenvalue weighted by molar-refractivity contribution is 5.26. The Morgan fingerprint density at radius 1 is 1.20 bits per heavy atom. The van der Waals surface area contributed by atoms with Crippen LogP contribution in [0, 0.1) is 11.6 Å². The van der Waals surface area contributed by atoms with Crippen LogP contribution in [-0.4, -0.2) is 9.97 Å². The van der Waals surface area contributed by atoms with Crippen LogP contribution in [0.25, 0.3) is 0 Å². The summed E-state index contributed by atoms with van der Waals surface area (Å²) in [6.45, 7) is 1.84. The lowest BCUT2D eigenvalue weighted by atomic mass is 10.0. The van der Waals surface area contributed by atoms with Crippen LogP contribution >= 0.6 is 0 Å². The molecule has 0 amide bonds. The van der Waals surface area contributed by atoms with Crippen molar-refractivity contribution in [3.63, 3.8) is 0 Å². The zero-order valence-corrected chi connectivity index (χ0v) is 8.17. The van der Waals surface area contributed by atoms with Crippen LogP contribution in [0.15, 0.2) is 30.6 Å². The molecule has 0 aliphatic carbocycles. The van der Waals surface area contributed by atoms with Crippen LogP contribution in [0.5, 0.6) is 0 Å². The minimum absolute atomic E-state index is 0.148. The van der Waals surface area contributed by atoms with Crippen molar-refractivity contribution in [2.75, 3.05) is 0 Å². The average molecular weight is 208 g/mol. The maximum absolute atomic E-state index is 13.0. The largest absolute Gasteiger partial charge is 0.348 e. The van der Waals surface area contributed by atoms with Gasteiger partial charge in [0.1, 0.15) is 17.5 Å². The number of nitrogens with one attached hydrogen (secondary N) is 1. The molecule has 2 rings (SSSR count). The van der Waals surface area contributed by atoms with E-state index in [4.69, 9.17) is 0 Å². The summed E-state index contributed by atoms with van der Waals surface area (Å²) in [4.78, 5) is 6.97. The van der Waals surface area contributed by atoms with Crippen molar-refractivity contribution in [1.29, 1.82) is 0 Å². The van der Waals surface area contributed by atoms with Crippen molar-refractivity contribution in [3.05, 3.63) is 53.6 Å². The first-order valence-electron chi connectivity index (χ1n) is 4.62. The van der Waals surface area contributed by atoms with Gasteiger partial charge < -0.3 is 4.98 Å². The fraction of sp³-hybridized carbons (Fsp3) is 0.182. The van der Waals surface area contributed by atoms with Gasteiger partial charge in [-0.05, 0) is 17.7 Å². The zero-order chi connectivity index (χ0) is 10.8. The van der Waals surface area contributed by atoms with Crippen LogP contribution in [-0.2, 0) is 0 Å². The molecule has 1 unspecified atom stereocenters. The minimum atomic E-state index is -0.566. The number of benzene rings is 1. The molecule has 1 aromatic carbocycles. The molecule has 0 aliphatic heterocycles. The second-order valence-electron chi connectivity index (χ2n) is 3.40. The fourth-order valence-electron chi connectivity index (χ4n) is 1.50. The molecule has 0 spiro atoms. The number of hydrogen-bond donors (Lipinski definition) is 1. The summed E-state index contributed by atoms with van der Waals surface area (Å²) in [5.41, 5.74) is 0.572. The Morgan fingerprint density at radius 3 is 2.40 bits per heavy atom. The van der Waals surface area contributed by atoms with Crippen molar-refractivity contribution in [3.8, 4) is 0 Å². The number of rotatable bonds is 2. The molecule has 0 radical (unpaired) electrons. The standard InChI is InChI=1S/C11H10F2N2/c1-7(11-14-2-3-15-11)8-4-9(12)6-10(13)5-8/h2-7H,1H3,(H,14,15). The Bertz CT molecular complexity index is 431. The highest BCUT2D eigenvalue weighted by atomic mass is 19.1. The molecule has 0 aliphatic rings. The molecule has 0 saturated heterocycles. The van der Waals surface area contributed by atoms with Crippen molar-refractivity contribution >= 4 is 0 Å². The molecule has 1 atom stereocenters. The first-order chi connectivity index (χ1) is 7.16. The maximum Gasteiger partial charge on any atom is 0.126 e. The molecule has 2 nitrogen and oxygen atoms in total. The molecular weight excluding hydrogens is 198 g/mol. The van der Waals surface area contributed by atoms with E-state index >= 15 is 0 Å². The van der Waals surface area contributed by atoms with Gasteiger partial charge in [0.05, 0.1) is 0 Å². The van der Waals surface area contributed by atoms with Gasteiger partial charge in [0.2, 0.25) is 0 Å². The zero-order valence-electron chi connectivity index (χ0n) is 8.17. The van der Waals surface area contributed by atoms with E-state index in [-0.39, 0.29) is 5.92 Å². The first-order valence-corrected chi connectivity index (χ1v) is 4.62. The third-order valence-electron chi connectivity index (χ3n) is 2.31. The van der Waals surface area contributed by atoms with E-state index in [1.807, 2.05) is 6.92 Å². The summed E-state index contributed by atoms with van der Waals surface area (Å²) >= 11 is 0. The van der Waals surface area contributed by atoms with Crippen LogP contribution in [0.2, 0.25) is 0 Å². The van der Waals surface area contributed by atoms with Gasteiger partial charge in [-0.3, -0.25) is 0 Å². The lowest BCUT2D eigenvalue weighted by Crippen LogP contribution is -1.99. The first kappa shape index (κ1) is 9.83. The number of hydrogen-bond acceptors (Lipinski definition) is 1. The quantitative estimate of drug-likeness (QED) is 0.807. The number of imidazole rings is 1. The predicted octanol–water partition coefficient (Wildman–Crippen LogP) is 2.84. The van der Waals surface area contributed by atoms with Gasteiger partial charge in [-0.2, -0.15) is 0 Å². The van der Waals surface area contributed by atoms with E-state index in [1.54, 1.807) is 12.4 Å². The van der Waals surface area contributed by atoms with Gasteiger partial charge >= 0.3 is 0 Å². The minimum Gasteiger partial charge on any atom is -0.348 e. The average Bonchev–Trinajstić information content (AvgIpc) is 2.67. The Labute approximate surface area is 86.0 Å². The van der Waals surface area contributed by atoms with Gasteiger partial charge in [-0.15, -0.1) is 0 Å². The van der Waals surface area contributed by atoms with Gasteiger partial charge in [-0.1, -0.05) is 6.92 Å². The summed E-state index contributed by atoms with van der Waals surface area (Å²) in [5, 5.41) is 0. The Kier molecular flexibility index (Phi) is 2.49. The molecule has 4 heteroatoms. The van der Waals surface area contributed by atoms with Crippen molar-refractivity contribution < 1.29 is 8.78 Å². The third kappa shape index (κ3) is 2.03. The number of aromatic amines is 1. The summed E-state index contributed by atoms with van der Waals surface area (Å²) in [6, 6.07) is 3.49. The topological polar surface area (TPSA) is 28.7 Å². The van der Waals surface area contributed by atoms with Gasteiger partial charge in [0, 0.05) is 24.4 Å². The smallest absolute Gasteiger partial charge is 0.126 e. The predicted molar refractivity (Wildman–Crippen MR) is 52.5 cm³/mol. The number of nitrogens with zero attached hydrogens (tertiary/aromatic N) is 1. The summed E-state index contributed by atoms with van der Waals surface area (Å²) in [7, 11) is 0. The lowest BCUT2D eigenvalue weighted by molar-refractivity contribution is 0.577. The fourth-order valence-corrected chi connectivity index (χ4v) is 1.50. The summed E-state index contributed by atoms with van der Waals surface area (Å²) in [6.07, 6.45) is 3.29. The van der Waals surface area contributed by atoms with Crippen molar-refractivity contribution in [2.45, 2.75) is 12.8 Å². The lowest BCUT2D eigenvalue weighted by Gasteiger charge is -2.09. The van der Waals surface area contributed by atoms with Crippen LogP contribution < -0.4 is 0 Å². The number of halogens is 2. The Hall–Kier alpha value is -1.71. The van der Waals surface area contributed by atoms with Crippen LogP contribution in [0.3, 0.4) is 0 Å². The normalized spacial score (nSPS) is 12.7. The molecule has 78 valence electrons. The molecule has 15 heavy (non-hydrogen) atoms.